The first-order chi connectivity index (χ1) is 11.1. The Morgan fingerprint density at radius 1 is 1.09 bits per heavy atom. The predicted octanol–water partition coefficient (Wildman–Crippen LogP) is 4.28. The fraction of sp³-hybridized carbons (Fsp3) is 0.368. The second-order valence-corrected chi connectivity index (χ2v) is 5.62. The Hall–Kier alpha value is -2.36. The van der Waals surface area contributed by atoms with Gasteiger partial charge < -0.3 is 18.9 Å². The standard InChI is InChI=1S/C19H22O4/c1-5-21-17-10-19-18(22-11-23-19)9-16(17)13(3)15-7-6-14(20-4)8-12(15)2/h6-10,13H,5,11H2,1-4H3/t13-/m0/s1. The molecule has 2 aromatic rings. The zero-order chi connectivity index (χ0) is 16.4. The number of fused-ring (bicyclic) bond motifs is 1. The Morgan fingerprint density at radius 2 is 1.83 bits per heavy atom. The molecule has 1 aliphatic heterocycles. The smallest absolute Gasteiger partial charge is 0.231 e. The molecule has 0 aromatic heterocycles. The molecule has 1 aliphatic rings. The number of hydrogen-bond acceptors (Lipinski definition) is 4. The van der Waals surface area contributed by atoms with Gasteiger partial charge in [0, 0.05) is 17.5 Å². The van der Waals surface area contributed by atoms with Crippen molar-refractivity contribution in [3.05, 3.63) is 47.0 Å². The van der Waals surface area contributed by atoms with Gasteiger partial charge in [0.2, 0.25) is 6.79 Å². The summed E-state index contributed by atoms with van der Waals surface area (Å²) in [5, 5.41) is 0. The molecule has 3 rings (SSSR count). The molecule has 4 heteroatoms. The van der Waals surface area contributed by atoms with Gasteiger partial charge in [0.25, 0.3) is 0 Å². The van der Waals surface area contributed by atoms with E-state index in [4.69, 9.17) is 18.9 Å². The molecule has 0 unspecified atom stereocenters. The first kappa shape index (κ1) is 15.5. The molecule has 0 aliphatic carbocycles. The van der Waals surface area contributed by atoms with Crippen LogP contribution in [0.4, 0.5) is 0 Å². The molecule has 122 valence electrons. The maximum absolute atomic E-state index is 5.83. The minimum absolute atomic E-state index is 0.178. The zero-order valence-electron chi connectivity index (χ0n) is 14.0. The highest BCUT2D eigenvalue weighted by atomic mass is 16.7. The van der Waals surface area contributed by atoms with Gasteiger partial charge >= 0.3 is 0 Å². The summed E-state index contributed by atoms with van der Waals surface area (Å²) in [7, 11) is 1.68. The Morgan fingerprint density at radius 3 is 2.48 bits per heavy atom. The molecule has 1 heterocycles. The molecule has 0 spiro atoms. The van der Waals surface area contributed by atoms with E-state index < -0.39 is 0 Å². The maximum Gasteiger partial charge on any atom is 0.231 e. The number of benzene rings is 2. The van der Waals surface area contributed by atoms with Crippen molar-refractivity contribution in [2.45, 2.75) is 26.7 Å². The predicted molar refractivity (Wildman–Crippen MR) is 89.0 cm³/mol. The van der Waals surface area contributed by atoms with Crippen molar-refractivity contribution < 1.29 is 18.9 Å². The molecule has 4 nitrogen and oxygen atoms in total. The zero-order valence-corrected chi connectivity index (χ0v) is 14.0. The summed E-state index contributed by atoms with van der Waals surface area (Å²) in [6.45, 7) is 7.13. The van der Waals surface area contributed by atoms with Crippen molar-refractivity contribution in [2.24, 2.45) is 0 Å². The van der Waals surface area contributed by atoms with Crippen molar-refractivity contribution >= 4 is 0 Å². The molecule has 0 bridgehead atoms. The second kappa shape index (κ2) is 6.41. The molecule has 0 saturated carbocycles. The van der Waals surface area contributed by atoms with Crippen LogP contribution in [0, 0.1) is 6.92 Å². The Kier molecular flexibility index (Phi) is 4.33. The van der Waals surface area contributed by atoms with E-state index in [0.717, 1.165) is 28.6 Å². The summed E-state index contributed by atoms with van der Waals surface area (Å²) in [6, 6.07) is 10.1. The van der Waals surface area contributed by atoms with E-state index in [1.807, 2.05) is 25.1 Å². The topological polar surface area (TPSA) is 36.9 Å². The average Bonchev–Trinajstić information content (AvgIpc) is 3.01. The van der Waals surface area contributed by atoms with Crippen molar-refractivity contribution in [2.75, 3.05) is 20.5 Å². The lowest BCUT2D eigenvalue weighted by Gasteiger charge is -2.20. The van der Waals surface area contributed by atoms with E-state index >= 15 is 0 Å². The molecule has 0 radical (unpaired) electrons. The maximum atomic E-state index is 5.83. The third-order valence-corrected chi connectivity index (χ3v) is 4.21. The van der Waals surface area contributed by atoms with Gasteiger partial charge in [0.15, 0.2) is 11.5 Å². The summed E-state index contributed by atoms with van der Waals surface area (Å²) < 4.78 is 22.1. The molecule has 0 fully saturated rings. The fourth-order valence-electron chi connectivity index (χ4n) is 2.99. The van der Waals surface area contributed by atoms with E-state index in [1.54, 1.807) is 7.11 Å². The normalized spacial score (nSPS) is 13.7. The van der Waals surface area contributed by atoms with Crippen LogP contribution in [-0.2, 0) is 0 Å². The van der Waals surface area contributed by atoms with Crippen LogP contribution in [0.1, 0.15) is 36.5 Å². The first-order valence-corrected chi connectivity index (χ1v) is 7.85. The highest BCUT2D eigenvalue weighted by molar-refractivity contribution is 5.55. The number of ether oxygens (including phenoxy) is 4. The second-order valence-electron chi connectivity index (χ2n) is 5.62. The number of methoxy groups -OCH3 is 1. The highest BCUT2D eigenvalue weighted by Crippen LogP contribution is 2.43. The van der Waals surface area contributed by atoms with E-state index in [-0.39, 0.29) is 12.7 Å². The highest BCUT2D eigenvalue weighted by Gasteiger charge is 2.22. The number of aryl methyl sites for hydroxylation is 1. The summed E-state index contributed by atoms with van der Waals surface area (Å²) in [5.74, 6) is 3.42. The van der Waals surface area contributed by atoms with Crippen LogP contribution in [-0.4, -0.2) is 20.5 Å². The minimum atomic E-state index is 0.178. The summed E-state index contributed by atoms with van der Waals surface area (Å²) in [6.07, 6.45) is 0. The Balaban J connectivity index is 2.03. The molecule has 23 heavy (non-hydrogen) atoms. The summed E-state index contributed by atoms with van der Waals surface area (Å²) in [5.41, 5.74) is 3.53. The molecular formula is C19H22O4. The van der Waals surface area contributed by atoms with Crippen LogP contribution in [0.2, 0.25) is 0 Å². The van der Waals surface area contributed by atoms with Crippen LogP contribution in [0.5, 0.6) is 23.0 Å². The lowest BCUT2D eigenvalue weighted by molar-refractivity contribution is 0.173. The van der Waals surface area contributed by atoms with Crippen LogP contribution in [0.3, 0.4) is 0 Å². The number of rotatable bonds is 5. The largest absolute Gasteiger partial charge is 0.497 e. The first-order valence-electron chi connectivity index (χ1n) is 7.85. The van der Waals surface area contributed by atoms with Crippen molar-refractivity contribution in [1.29, 1.82) is 0 Å². The quantitative estimate of drug-likeness (QED) is 0.825. The van der Waals surface area contributed by atoms with Crippen LogP contribution in [0.15, 0.2) is 30.3 Å². The van der Waals surface area contributed by atoms with E-state index in [0.29, 0.717) is 6.61 Å². The van der Waals surface area contributed by atoms with Crippen molar-refractivity contribution in [3.63, 3.8) is 0 Å². The summed E-state index contributed by atoms with van der Waals surface area (Å²) in [4.78, 5) is 0. The lowest BCUT2D eigenvalue weighted by Crippen LogP contribution is -2.04. The lowest BCUT2D eigenvalue weighted by atomic mass is 9.89. The molecule has 1 atom stereocenters. The van der Waals surface area contributed by atoms with Crippen LogP contribution in [0.25, 0.3) is 0 Å². The van der Waals surface area contributed by atoms with Gasteiger partial charge in [0.05, 0.1) is 13.7 Å². The van der Waals surface area contributed by atoms with Crippen molar-refractivity contribution in [3.8, 4) is 23.0 Å². The molecular weight excluding hydrogens is 292 g/mol. The van der Waals surface area contributed by atoms with Crippen LogP contribution >= 0.6 is 0 Å². The van der Waals surface area contributed by atoms with Gasteiger partial charge in [-0.1, -0.05) is 13.0 Å². The third-order valence-electron chi connectivity index (χ3n) is 4.21. The Labute approximate surface area is 136 Å². The summed E-state index contributed by atoms with van der Waals surface area (Å²) >= 11 is 0. The molecule has 0 saturated heterocycles. The fourth-order valence-corrected chi connectivity index (χ4v) is 2.99. The van der Waals surface area contributed by atoms with Gasteiger partial charge in [-0.05, 0) is 43.2 Å². The third kappa shape index (κ3) is 2.93. The van der Waals surface area contributed by atoms with Gasteiger partial charge in [-0.25, -0.2) is 0 Å². The van der Waals surface area contributed by atoms with Gasteiger partial charge in [-0.15, -0.1) is 0 Å². The SMILES string of the molecule is CCOc1cc2c(cc1[C@@H](C)c1ccc(OC)cc1C)OCO2. The van der Waals surface area contributed by atoms with Gasteiger partial charge in [0.1, 0.15) is 11.5 Å². The number of hydrogen-bond donors (Lipinski definition) is 0. The van der Waals surface area contributed by atoms with E-state index in [1.165, 1.54) is 11.1 Å². The molecule has 0 N–H and O–H groups in total. The molecule has 0 amide bonds. The molecule has 2 aromatic carbocycles. The van der Waals surface area contributed by atoms with E-state index in [2.05, 4.69) is 26.0 Å². The monoisotopic (exact) mass is 314 g/mol. The van der Waals surface area contributed by atoms with Crippen molar-refractivity contribution in [1.82, 2.24) is 0 Å². The van der Waals surface area contributed by atoms with E-state index in [9.17, 15) is 0 Å². The van der Waals surface area contributed by atoms with Crippen LogP contribution < -0.4 is 18.9 Å². The van der Waals surface area contributed by atoms with Gasteiger partial charge in [-0.2, -0.15) is 0 Å². The average molecular weight is 314 g/mol. The Bertz CT molecular complexity index is 709. The minimum Gasteiger partial charge on any atom is -0.497 e. The van der Waals surface area contributed by atoms with Gasteiger partial charge in [-0.3, -0.25) is 0 Å².